The lowest BCUT2D eigenvalue weighted by Gasteiger charge is -2.23. The van der Waals surface area contributed by atoms with Crippen LogP contribution in [0.3, 0.4) is 0 Å². The fourth-order valence-corrected chi connectivity index (χ4v) is 4.38. The van der Waals surface area contributed by atoms with Gasteiger partial charge in [0.15, 0.2) is 0 Å². The van der Waals surface area contributed by atoms with E-state index < -0.39 is 5.97 Å². The third-order valence-electron chi connectivity index (χ3n) is 5.74. The zero-order valence-corrected chi connectivity index (χ0v) is 16.2. The van der Waals surface area contributed by atoms with Crippen molar-refractivity contribution >= 4 is 17.6 Å². The van der Waals surface area contributed by atoms with Crippen LogP contribution in [-0.2, 0) is 22.6 Å². The lowest BCUT2D eigenvalue weighted by molar-refractivity contribution is -0.133. The Morgan fingerprint density at radius 3 is 2.63 bits per heavy atom. The van der Waals surface area contributed by atoms with Gasteiger partial charge >= 0.3 is 11.9 Å². The largest absolute Gasteiger partial charge is 0.496 e. The second-order valence-electron chi connectivity index (χ2n) is 7.20. The summed E-state index contributed by atoms with van der Waals surface area (Å²) in [7, 11) is 3.35. The predicted octanol–water partition coefficient (Wildman–Crippen LogP) is 3.85. The van der Waals surface area contributed by atoms with Crippen LogP contribution in [0.4, 0.5) is 5.69 Å². The molecule has 1 aliphatic carbocycles. The number of anilines is 1. The van der Waals surface area contributed by atoms with Crippen molar-refractivity contribution < 1.29 is 24.2 Å². The summed E-state index contributed by atoms with van der Waals surface area (Å²) < 4.78 is 10.8. The van der Waals surface area contributed by atoms with Crippen molar-refractivity contribution in [3.05, 3.63) is 33.9 Å². The van der Waals surface area contributed by atoms with E-state index in [-0.39, 0.29) is 18.5 Å². The maximum atomic E-state index is 12.2. The smallest absolute Gasteiger partial charge is 0.341 e. The van der Waals surface area contributed by atoms with Gasteiger partial charge in [-0.15, -0.1) is 0 Å². The number of ether oxygens (including phenoxy) is 2. The van der Waals surface area contributed by atoms with Crippen LogP contribution in [0.1, 0.15) is 59.2 Å². The lowest BCUT2D eigenvalue weighted by atomic mass is 9.83. The van der Waals surface area contributed by atoms with Crippen molar-refractivity contribution in [2.75, 3.05) is 19.5 Å². The van der Waals surface area contributed by atoms with E-state index in [2.05, 4.69) is 5.32 Å². The second kappa shape index (κ2) is 8.03. The summed E-state index contributed by atoms with van der Waals surface area (Å²) in [6.07, 6.45) is 7.34. The van der Waals surface area contributed by atoms with Crippen LogP contribution >= 0.6 is 0 Å². The summed E-state index contributed by atoms with van der Waals surface area (Å²) in [4.78, 5) is 24.1. The second-order valence-corrected chi connectivity index (χ2v) is 7.20. The Morgan fingerprint density at radius 2 is 2.04 bits per heavy atom. The van der Waals surface area contributed by atoms with E-state index in [1.54, 1.807) is 20.2 Å². The van der Waals surface area contributed by atoms with Gasteiger partial charge in [0.2, 0.25) is 0 Å². The van der Waals surface area contributed by atoms with Gasteiger partial charge in [-0.1, -0.05) is 25.3 Å². The first-order valence-corrected chi connectivity index (χ1v) is 9.50. The molecule has 2 N–H and O–H groups in total. The maximum Gasteiger partial charge on any atom is 0.341 e. The molecular weight excluding hydrogens is 346 g/mol. The summed E-state index contributed by atoms with van der Waals surface area (Å²) in [5, 5.41) is 12.8. The number of carbonyl (C=O) groups is 2. The van der Waals surface area contributed by atoms with E-state index >= 15 is 0 Å². The Kier molecular flexibility index (Phi) is 5.73. The Balaban J connectivity index is 2.05. The van der Waals surface area contributed by atoms with Crippen LogP contribution < -0.4 is 10.1 Å². The van der Waals surface area contributed by atoms with Gasteiger partial charge in [-0.05, 0) is 37.7 Å². The molecular formula is C21H27NO5. The summed E-state index contributed by atoms with van der Waals surface area (Å²) in [5.41, 5.74) is 4.17. The normalized spacial score (nSPS) is 17.4. The number of aliphatic carboxylic acids is 1. The molecule has 1 saturated carbocycles. The van der Waals surface area contributed by atoms with Gasteiger partial charge in [0.25, 0.3) is 0 Å². The number of carboxylic acid groups (broad SMARTS) is 1. The molecule has 6 nitrogen and oxygen atoms in total. The summed E-state index contributed by atoms with van der Waals surface area (Å²) in [6, 6.07) is 0. The van der Waals surface area contributed by atoms with Gasteiger partial charge in [-0.3, -0.25) is 0 Å². The Hall–Kier alpha value is -2.50. The predicted molar refractivity (Wildman–Crippen MR) is 102 cm³/mol. The van der Waals surface area contributed by atoms with E-state index in [0.29, 0.717) is 29.0 Å². The molecule has 0 bridgehead atoms. The zero-order chi connectivity index (χ0) is 19.6. The number of esters is 1. The Morgan fingerprint density at radius 1 is 1.33 bits per heavy atom. The Bertz CT molecular complexity index is 790. The van der Waals surface area contributed by atoms with Crippen LogP contribution in [0, 0.1) is 12.8 Å². The average Bonchev–Trinajstić information content (AvgIpc) is 3.05. The number of fused-ring (bicyclic) bond motifs is 1. The van der Waals surface area contributed by atoms with Crippen molar-refractivity contribution in [1.29, 1.82) is 0 Å². The number of carboxylic acids is 1. The third kappa shape index (κ3) is 3.53. The fourth-order valence-electron chi connectivity index (χ4n) is 4.38. The molecule has 0 aromatic heterocycles. The maximum absolute atomic E-state index is 12.2. The zero-order valence-electron chi connectivity index (χ0n) is 16.2. The molecule has 0 amide bonds. The molecule has 1 aromatic rings. The molecule has 0 radical (unpaired) electrons. The summed E-state index contributed by atoms with van der Waals surface area (Å²) >= 11 is 0. The molecule has 1 aliphatic heterocycles. The minimum absolute atomic E-state index is 0.0979. The van der Waals surface area contributed by atoms with E-state index in [4.69, 9.17) is 9.47 Å². The van der Waals surface area contributed by atoms with Crippen LogP contribution in [-0.4, -0.2) is 31.2 Å². The van der Waals surface area contributed by atoms with Crippen LogP contribution in [0.15, 0.2) is 11.6 Å². The van der Waals surface area contributed by atoms with Crippen LogP contribution in [0.25, 0.3) is 0 Å². The quantitative estimate of drug-likeness (QED) is 0.582. The number of carbonyl (C=O) groups excluding carboxylic acids is 1. The third-order valence-corrected chi connectivity index (χ3v) is 5.74. The van der Waals surface area contributed by atoms with Crippen molar-refractivity contribution in [1.82, 2.24) is 0 Å². The first-order chi connectivity index (χ1) is 13.0. The van der Waals surface area contributed by atoms with E-state index in [0.717, 1.165) is 42.4 Å². The monoisotopic (exact) mass is 373 g/mol. The molecule has 2 aliphatic rings. The molecule has 146 valence electrons. The number of hydrogen-bond donors (Lipinski definition) is 2. The molecule has 0 atom stereocenters. The first kappa shape index (κ1) is 19.3. The molecule has 1 fully saturated rings. The minimum Gasteiger partial charge on any atom is -0.496 e. The number of methoxy groups -OCH3 is 1. The number of nitrogens with one attached hydrogen (secondary N) is 1. The van der Waals surface area contributed by atoms with E-state index in [9.17, 15) is 14.7 Å². The van der Waals surface area contributed by atoms with Gasteiger partial charge < -0.3 is 19.9 Å². The number of benzene rings is 1. The summed E-state index contributed by atoms with van der Waals surface area (Å²) in [6.45, 7) is 2.15. The lowest BCUT2D eigenvalue weighted by Crippen LogP contribution is -2.16. The molecule has 1 heterocycles. The highest BCUT2D eigenvalue weighted by Gasteiger charge is 2.32. The first-order valence-electron chi connectivity index (χ1n) is 9.50. The number of allylic oxidation sites excluding steroid dienone is 1. The topological polar surface area (TPSA) is 84.9 Å². The van der Waals surface area contributed by atoms with E-state index in [1.165, 1.54) is 6.42 Å². The van der Waals surface area contributed by atoms with Crippen molar-refractivity contribution in [2.24, 2.45) is 5.92 Å². The molecule has 0 saturated heterocycles. The standard InChI is InChI=1S/C21H27NO5/c1-12-16-11-27-21(25)17(16)18(22-2)15(19(12)26-3)10-9-14(20(23)24)13-7-5-4-6-8-13/h9,13,22H,4-8,10-11H2,1-3H3,(H,23,24). The average molecular weight is 373 g/mol. The fraction of sp³-hybridized carbons (Fsp3) is 0.524. The van der Waals surface area contributed by atoms with Gasteiger partial charge in [-0.25, -0.2) is 9.59 Å². The number of hydrogen-bond acceptors (Lipinski definition) is 5. The van der Waals surface area contributed by atoms with Gasteiger partial charge in [-0.2, -0.15) is 0 Å². The SMILES string of the molecule is CNc1c(CC=C(C(=O)O)C2CCCCC2)c(OC)c(C)c2c1C(=O)OC2. The molecule has 1 aromatic carbocycles. The van der Waals surface area contributed by atoms with E-state index in [1.807, 2.05) is 6.92 Å². The van der Waals surface area contributed by atoms with Gasteiger partial charge in [0.05, 0.1) is 18.4 Å². The van der Waals surface area contributed by atoms with Gasteiger partial charge in [0.1, 0.15) is 12.4 Å². The number of rotatable bonds is 6. The van der Waals surface area contributed by atoms with Crippen molar-refractivity contribution in [2.45, 2.75) is 52.1 Å². The Labute approximate surface area is 159 Å². The number of cyclic esters (lactones) is 1. The van der Waals surface area contributed by atoms with Crippen LogP contribution in [0.2, 0.25) is 0 Å². The summed E-state index contributed by atoms with van der Waals surface area (Å²) in [5.74, 6) is -0.429. The molecule has 3 rings (SSSR count). The highest BCUT2D eigenvalue weighted by atomic mass is 16.5. The van der Waals surface area contributed by atoms with Crippen molar-refractivity contribution in [3.8, 4) is 5.75 Å². The minimum atomic E-state index is -0.857. The van der Waals surface area contributed by atoms with Crippen molar-refractivity contribution in [3.63, 3.8) is 0 Å². The molecule has 6 heteroatoms. The molecule has 0 spiro atoms. The highest BCUT2D eigenvalue weighted by molar-refractivity contribution is 6.01. The van der Waals surface area contributed by atoms with Crippen LogP contribution in [0.5, 0.6) is 5.75 Å². The molecule has 27 heavy (non-hydrogen) atoms. The molecule has 0 unspecified atom stereocenters. The van der Waals surface area contributed by atoms with Gasteiger partial charge in [0, 0.05) is 23.7 Å². The highest BCUT2D eigenvalue weighted by Crippen LogP contribution is 2.41.